The fourth-order valence-electron chi connectivity index (χ4n) is 5.97. The van der Waals surface area contributed by atoms with Crippen molar-refractivity contribution in [2.24, 2.45) is 5.92 Å². The Hall–Kier alpha value is -3.42. The average Bonchev–Trinajstić information content (AvgIpc) is 3.70. The lowest BCUT2D eigenvalue weighted by molar-refractivity contribution is -0.128. The minimum Gasteiger partial charge on any atom is -0.492 e. The van der Waals surface area contributed by atoms with Crippen LogP contribution in [-0.4, -0.2) is 61.4 Å². The van der Waals surface area contributed by atoms with Crippen LogP contribution in [0.3, 0.4) is 0 Å². The van der Waals surface area contributed by atoms with E-state index in [9.17, 15) is 9.59 Å². The summed E-state index contributed by atoms with van der Waals surface area (Å²) in [5, 5.41) is 4.39. The molecule has 1 atom stereocenters. The molecule has 0 spiro atoms. The van der Waals surface area contributed by atoms with Gasteiger partial charge in [0.15, 0.2) is 0 Å². The van der Waals surface area contributed by atoms with Crippen molar-refractivity contribution < 1.29 is 14.3 Å². The first kappa shape index (κ1) is 26.8. The molecule has 6 rings (SSSR count). The van der Waals surface area contributed by atoms with E-state index >= 15 is 0 Å². The van der Waals surface area contributed by atoms with Gasteiger partial charge in [-0.25, -0.2) is 0 Å². The van der Waals surface area contributed by atoms with E-state index in [1.165, 1.54) is 57.6 Å². The monoisotopic (exact) mass is 555 g/mol. The van der Waals surface area contributed by atoms with Crippen molar-refractivity contribution >= 4 is 38.8 Å². The Balaban J connectivity index is 1.15. The summed E-state index contributed by atoms with van der Waals surface area (Å²) in [4.78, 5) is 30.0. The largest absolute Gasteiger partial charge is 0.492 e. The van der Waals surface area contributed by atoms with Crippen LogP contribution in [0.15, 0.2) is 66.4 Å². The van der Waals surface area contributed by atoms with E-state index in [2.05, 4.69) is 64.8 Å². The molecule has 1 aromatic heterocycles. The number of benzene rings is 2. The molecule has 0 saturated carbocycles. The molecule has 2 saturated heterocycles. The highest BCUT2D eigenvalue weighted by Crippen LogP contribution is 2.40. The van der Waals surface area contributed by atoms with Crippen LogP contribution in [0.4, 0.5) is 0 Å². The highest BCUT2D eigenvalue weighted by atomic mass is 32.1. The maximum absolute atomic E-state index is 12.7. The van der Waals surface area contributed by atoms with Crippen molar-refractivity contribution in [2.45, 2.75) is 38.5 Å². The predicted octanol–water partition coefficient (Wildman–Crippen LogP) is 5.62. The molecule has 2 amide bonds. The Morgan fingerprint density at radius 2 is 1.85 bits per heavy atom. The van der Waals surface area contributed by atoms with Crippen molar-refractivity contribution in [3.05, 3.63) is 82.4 Å². The zero-order valence-corrected chi connectivity index (χ0v) is 24.0. The Morgan fingerprint density at radius 3 is 2.58 bits per heavy atom. The smallest absolute Gasteiger partial charge is 0.229 e. The fraction of sp³-hybridized carbons (Fsp3) is 0.394. The van der Waals surface area contributed by atoms with E-state index in [0.29, 0.717) is 13.0 Å². The van der Waals surface area contributed by atoms with Crippen molar-refractivity contribution in [3.63, 3.8) is 0 Å². The summed E-state index contributed by atoms with van der Waals surface area (Å²) in [5.41, 5.74) is 4.88. The first-order chi connectivity index (χ1) is 19.5. The summed E-state index contributed by atoms with van der Waals surface area (Å²) in [6.07, 6.45) is 9.64. The number of thiophene rings is 1. The first-order valence-corrected chi connectivity index (χ1v) is 15.2. The van der Waals surface area contributed by atoms with Crippen LogP contribution in [0.1, 0.15) is 48.1 Å². The van der Waals surface area contributed by atoms with Gasteiger partial charge in [0.05, 0.1) is 5.92 Å². The lowest BCUT2D eigenvalue weighted by atomic mass is 9.94. The summed E-state index contributed by atoms with van der Waals surface area (Å²) in [5.74, 6) is 0.658. The molecule has 40 heavy (non-hydrogen) atoms. The Labute approximate surface area is 240 Å². The van der Waals surface area contributed by atoms with Crippen molar-refractivity contribution in [3.8, 4) is 5.75 Å². The second-order valence-corrected chi connectivity index (χ2v) is 12.2. The van der Waals surface area contributed by atoms with Crippen LogP contribution in [0, 0.1) is 5.92 Å². The zero-order valence-electron chi connectivity index (χ0n) is 23.2. The van der Waals surface area contributed by atoms with Crippen LogP contribution in [-0.2, 0) is 16.0 Å². The van der Waals surface area contributed by atoms with Gasteiger partial charge in [0.2, 0.25) is 11.8 Å². The van der Waals surface area contributed by atoms with E-state index in [1.807, 2.05) is 17.4 Å². The minimum absolute atomic E-state index is 0.0388. The number of nitrogens with one attached hydrogen (secondary N) is 1. The second-order valence-electron chi connectivity index (χ2n) is 11.2. The van der Waals surface area contributed by atoms with Gasteiger partial charge in [0, 0.05) is 41.8 Å². The zero-order chi connectivity index (χ0) is 27.5. The highest BCUT2D eigenvalue weighted by molar-refractivity contribution is 7.20. The van der Waals surface area contributed by atoms with Crippen molar-refractivity contribution in [1.82, 2.24) is 15.1 Å². The number of rotatable bonds is 9. The first-order valence-electron chi connectivity index (χ1n) is 14.4. The number of likely N-dealkylation sites (tertiary alicyclic amines) is 2. The molecule has 6 nitrogen and oxygen atoms in total. The number of nitrogens with zero attached hydrogens (tertiary/aromatic N) is 2. The number of hydrogen-bond acceptors (Lipinski definition) is 5. The number of carbonyl (C=O) groups excluding carboxylic acids is 2. The maximum atomic E-state index is 12.7. The topological polar surface area (TPSA) is 61.9 Å². The molecule has 3 heterocycles. The van der Waals surface area contributed by atoms with Crippen molar-refractivity contribution in [2.75, 3.05) is 39.8 Å². The SMILES string of the molecule is CN1CC(C(=O)NC2=CC=C(c3sc4ccccc4c3Cc3ccc(OCCN4CCCC4)cc3)CC2)CC1=O. The molecule has 1 aliphatic carbocycles. The third kappa shape index (κ3) is 6.01. The lowest BCUT2D eigenvalue weighted by Crippen LogP contribution is -2.32. The molecular weight excluding hydrogens is 518 g/mol. The summed E-state index contributed by atoms with van der Waals surface area (Å²) < 4.78 is 7.32. The number of amides is 2. The fourth-order valence-corrected chi connectivity index (χ4v) is 7.24. The van der Waals surface area contributed by atoms with Crippen molar-refractivity contribution in [1.29, 1.82) is 0 Å². The second kappa shape index (κ2) is 12.0. The number of ether oxygens (including phenoxy) is 1. The Morgan fingerprint density at radius 1 is 1.05 bits per heavy atom. The summed E-state index contributed by atoms with van der Waals surface area (Å²) >= 11 is 1.85. The van der Waals surface area contributed by atoms with Gasteiger partial charge in [-0.3, -0.25) is 14.5 Å². The summed E-state index contributed by atoms with van der Waals surface area (Å²) in [7, 11) is 1.76. The van der Waals surface area contributed by atoms with Gasteiger partial charge in [0.1, 0.15) is 12.4 Å². The maximum Gasteiger partial charge on any atom is 0.229 e. The molecule has 0 radical (unpaired) electrons. The van der Waals surface area contributed by atoms with Gasteiger partial charge in [-0.1, -0.05) is 36.4 Å². The van der Waals surface area contributed by atoms with Crippen LogP contribution >= 0.6 is 11.3 Å². The standard InChI is InChI=1S/C33H37N3O3S/c1-35-22-25(21-31(35)37)33(38)34-26-12-10-24(11-13-26)32-29(28-6-2-3-7-30(28)40-32)20-23-8-14-27(15-9-23)39-19-18-36-16-4-5-17-36/h2-3,6-10,12,14-15,25H,4-5,11,13,16-22H2,1H3,(H,34,38). The lowest BCUT2D eigenvalue weighted by Gasteiger charge is -2.18. The minimum atomic E-state index is -0.264. The molecule has 7 heteroatoms. The molecule has 3 aliphatic rings. The van der Waals surface area contributed by atoms with Gasteiger partial charge in [-0.05, 0) is 91.6 Å². The molecular formula is C33H37N3O3S. The van der Waals surface area contributed by atoms with Crippen LogP contribution < -0.4 is 10.1 Å². The van der Waals surface area contributed by atoms with Gasteiger partial charge in [0.25, 0.3) is 0 Å². The molecule has 208 valence electrons. The van der Waals surface area contributed by atoms with E-state index in [1.54, 1.807) is 11.9 Å². The highest BCUT2D eigenvalue weighted by Gasteiger charge is 2.32. The summed E-state index contributed by atoms with van der Waals surface area (Å²) in [6.45, 7) is 4.62. The third-order valence-electron chi connectivity index (χ3n) is 8.31. The van der Waals surface area contributed by atoms with E-state index in [-0.39, 0.29) is 17.7 Å². The molecule has 1 N–H and O–H groups in total. The quantitative estimate of drug-likeness (QED) is 0.372. The average molecular weight is 556 g/mol. The van der Waals surface area contributed by atoms with Gasteiger partial charge >= 0.3 is 0 Å². The number of fused-ring (bicyclic) bond motifs is 1. The number of allylic oxidation sites excluding steroid dienone is 4. The van der Waals surface area contributed by atoms with Gasteiger partial charge in [-0.2, -0.15) is 0 Å². The molecule has 0 bridgehead atoms. The summed E-state index contributed by atoms with van der Waals surface area (Å²) in [6, 6.07) is 17.2. The molecule has 2 aliphatic heterocycles. The molecule has 2 fully saturated rings. The third-order valence-corrected chi connectivity index (χ3v) is 9.60. The van der Waals surface area contributed by atoms with E-state index < -0.39 is 0 Å². The van der Waals surface area contributed by atoms with Crippen LogP contribution in [0.2, 0.25) is 0 Å². The van der Waals surface area contributed by atoms with Gasteiger partial charge in [-0.15, -0.1) is 11.3 Å². The Bertz CT molecular complexity index is 1450. The van der Waals surface area contributed by atoms with Crippen LogP contribution in [0.25, 0.3) is 15.7 Å². The van der Waals surface area contributed by atoms with E-state index in [4.69, 9.17) is 4.74 Å². The molecule has 2 aromatic carbocycles. The molecule has 1 unspecified atom stereocenters. The number of carbonyl (C=O) groups is 2. The normalized spacial score (nSPS) is 19.7. The van der Waals surface area contributed by atoms with E-state index in [0.717, 1.165) is 43.9 Å². The van der Waals surface area contributed by atoms with Crippen LogP contribution in [0.5, 0.6) is 5.75 Å². The molecule has 3 aromatic rings. The predicted molar refractivity (Wildman–Crippen MR) is 161 cm³/mol. The Kier molecular flexibility index (Phi) is 8.03. The number of hydrogen-bond donors (Lipinski definition) is 1. The van der Waals surface area contributed by atoms with Gasteiger partial charge < -0.3 is 15.0 Å².